The molecule has 1 aromatic carbocycles. The van der Waals surface area contributed by atoms with E-state index < -0.39 is 0 Å². The van der Waals surface area contributed by atoms with Gasteiger partial charge in [0.2, 0.25) is 0 Å². The monoisotopic (exact) mass is 211 g/mol. The lowest BCUT2D eigenvalue weighted by Crippen LogP contribution is -2.24. The minimum atomic E-state index is -0.0766. The van der Waals surface area contributed by atoms with Gasteiger partial charge in [-0.05, 0) is 31.2 Å². The lowest BCUT2D eigenvalue weighted by Gasteiger charge is -2.07. The van der Waals surface area contributed by atoms with E-state index >= 15 is 0 Å². The van der Waals surface area contributed by atoms with Crippen molar-refractivity contribution in [1.29, 1.82) is 0 Å². The molecule has 0 radical (unpaired) electrons. The smallest absolute Gasteiger partial charge is 0.0582 e. The molecule has 3 heteroatoms. The lowest BCUT2D eigenvalue weighted by atomic mass is 10.2. The second-order valence-corrected chi connectivity index (χ2v) is 4.56. The van der Waals surface area contributed by atoms with Crippen LogP contribution in [0.2, 0.25) is 0 Å². The molecule has 1 atom stereocenters. The fourth-order valence-corrected chi connectivity index (χ4v) is 2.22. The molecular formula is C11H17NOS. The summed E-state index contributed by atoms with van der Waals surface area (Å²) in [6.45, 7) is 2.16. The maximum atomic E-state index is 8.74. The van der Waals surface area contributed by atoms with E-state index in [0.717, 1.165) is 12.2 Å². The van der Waals surface area contributed by atoms with Crippen molar-refractivity contribution in [2.24, 2.45) is 5.73 Å². The number of aryl methyl sites for hydroxylation is 1. The standard InChI is InChI=1S/C11H17NOS/c1-9-3-2-4-11(7-9)14-6-5-10(12)8-13/h2-4,7,10,13H,5-6,8,12H2,1H3. The van der Waals surface area contributed by atoms with Gasteiger partial charge in [0.25, 0.3) is 0 Å². The van der Waals surface area contributed by atoms with Crippen LogP contribution in [0.25, 0.3) is 0 Å². The molecule has 3 N–H and O–H groups in total. The quantitative estimate of drug-likeness (QED) is 0.730. The van der Waals surface area contributed by atoms with Crippen molar-refractivity contribution in [2.45, 2.75) is 24.3 Å². The number of aliphatic hydroxyl groups excluding tert-OH is 1. The molecule has 0 spiro atoms. The zero-order valence-electron chi connectivity index (χ0n) is 8.44. The van der Waals surface area contributed by atoms with Crippen molar-refractivity contribution in [3.05, 3.63) is 29.8 Å². The molecule has 0 fully saturated rings. The van der Waals surface area contributed by atoms with Crippen LogP contribution in [0.3, 0.4) is 0 Å². The molecule has 0 aliphatic rings. The van der Waals surface area contributed by atoms with Gasteiger partial charge >= 0.3 is 0 Å². The first kappa shape index (κ1) is 11.6. The highest BCUT2D eigenvalue weighted by Crippen LogP contribution is 2.19. The minimum Gasteiger partial charge on any atom is -0.395 e. The summed E-state index contributed by atoms with van der Waals surface area (Å²) in [6, 6.07) is 8.33. The second kappa shape index (κ2) is 6.06. The van der Waals surface area contributed by atoms with E-state index in [1.54, 1.807) is 11.8 Å². The highest BCUT2D eigenvalue weighted by molar-refractivity contribution is 7.99. The molecule has 0 aliphatic heterocycles. The average Bonchev–Trinajstić information content (AvgIpc) is 2.17. The molecule has 1 aromatic rings. The summed E-state index contributed by atoms with van der Waals surface area (Å²) in [4.78, 5) is 1.27. The predicted molar refractivity (Wildman–Crippen MR) is 61.6 cm³/mol. The molecular weight excluding hydrogens is 194 g/mol. The van der Waals surface area contributed by atoms with Gasteiger partial charge < -0.3 is 10.8 Å². The van der Waals surface area contributed by atoms with Crippen molar-refractivity contribution in [2.75, 3.05) is 12.4 Å². The zero-order valence-corrected chi connectivity index (χ0v) is 9.26. The number of thioether (sulfide) groups is 1. The first-order valence-corrected chi connectivity index (χ1v) is 5.77. The first-order chi connectivity index (χ1) is 6.72. The van der Waals surface area contributed by atoms with Gasteiger partial charge in [-0.2, -0.15) is 0 Å². The van der Waals surface area contributed by atoms with E-state index in [4.69, 9.17) is 10.8 Å². The Morgan fingerprint density at radius 1 is 1.50 bits per heavy atom. The molecule has 0 saturated heterocycles. The Labute approximate surface area is 89.5 Å². The topological polar surface area (TPSA) is 46.2 Å². The number of aliphatic hydroxyl groups is 1. The van der Waals surface area contributed by atoms with E-state index in [2.05, 4.69) is 31.2 Å². The fourth-order valence-electron chi connectivity index (χ4n) is 1.12. The van der Waals surface area contributed by atoms with Crippen LogP contribution < -0.4 is 5.73 Å². The summed E-state index contributed by atoms with van der Waals surface area (Å²) >= 11 is 1.79. The molecule has 1 rings (SSSR count). The molecule has 0 amide bonds. The number of hydrogen-bond acceptors (Lipinski definition) is 3. The van der Waals surface area contributed by atoms with Crippen LogP contribution in [0, 0.1) is 6.92 Å². The Kier molecular flexibility index (Phi) is 5.01. The third kappa shape index (κ3) is 4.13. The average molecular weight is 211 g/mol. The van der Waals surface area contributed by atoms with Crippen LogP contribution in [0.5, 0.6) is 0 Å². The Balaban J connectivity index is 2.31. The van der Waals surface area contributed by atoms with Crippen molar-refractivity contribution in [3.63, 3.8) is 0 Å². The summed E-state index contributed by atoms with van der Waals surface area (Å²) in [5, 5.41) is 8.74. The normalized spacial score (nSPS) is 12.8. The Hall–Kier alpha value is -0.510. The molecule has 0 heterocycles. The van der Waals surface area contributed by atoms with Crippen molar-refractivity contribution < 1.29 is 5.11 Å². The van der Waals surface area contributed by atoms with Gasteiger partial charge in [0.05, 0.1) is 6.61 Å². The molecule has 78 valence electrons. The van der Waals surface area contributed by atoms with E-state index in [1.807, 2.05) is 0 Å². The Bertz CT molecular complexity index is 278. The molecule has 0 bridgehead atoms. The lowest BCUT2D eigenvalue weighted by molar-refractivity contribution is 0.264. The van der Waals surface area contributed by atoms with E-state index in [0.29, 0.717) is 0 Å². The largest absolute Gasteiger partial charge is 0.395 e. The summed E-state index contributed by atoms with van der Waals surface area (Å²) in [6.07, 6.45) is 0.856. The number of benzene rings is 1. The van der Waals surface area contributed by atoms with E-state index in [1.165, 1.54) is 10.5 Å². The zero-order chi connectivity index (χ0) is 10.4. The number of rotatable bonds is 5. The van der Waals surface area contributed by atoms with Gasteiger partial charge in [-0.1, -0.05) is 17.7 Å². The van der Waals surface area contributed by atoms with Gasteiger partial charge in [0.1, 0.15) is 0 Å². The summed E-state index contributed by atoms with van der Waals surface area (Å²) in [5.74, 6) is 0.963. The van der Waals surface area contributed by atoms with Crippen LogP contribution in [0.4, 0.5) is 0 Å². The van der Waals surface area contributed by atoms with Gasteiger partial charge in [-0.3, -0.25) is 0 Å². The highest BCUT2D eigenvalue weighted by Gasteiger charge is 2.00. The van der Waals surface area contributed by atoms with E-state index in [9.17, 15) is 0 Å². The van der Waals surface area contributed by atoms with Gasteiger partial charge in [-0.25, -0.2) is 0 Å². The van der Waals surface area contributed by atoms with Crippen LogP contribution in [-0.4, -0.2) is 23.5 Å². The van der Waals surface area contributed by atoms with Gasteiger partial charge in [0, 0.05) is 10.9 Å². The molecule has 0 aromatic heterocycles. The van der Waals surface area contributed by atoms with Crippen LogP contribution in [0.1, 0.15) is 12.0 Å². The minimum absolute atomic E-state index is 0.0766. The summed E-state index contributed by atoms with van der Waals surface area (Å²) in [5.41, 5.74) is 6.88. The van der Waals surface area contributed by atoms with Crippen molar-refractivity contribution in [3.8, 4) is 0 Å². The maximum absolute atomic E-state index is 8.74. The van der Waals surface area contributed by atoms with E-state index in [-0.39, 0.29) is 12.6 Å². The van der Waals surface area contributed by atoms with Gasteiger partial charge in [0.15, 0.2) is 0 Å². The second-order valence-electron chi connectivity index (χ2n) is 3.40. The first-order valence-electron chi connectivity index (χ1n) is 4.78. The molecule has 1 unspecified atom stereocenters. The van der Waals surface area contributed by atoms with Crippen LogP contribution in [0.15, 0.2) is 29.2 Å². The highest BCUT2D eigenvalue weighted by atomic mass is 32.2. The van der Waals surface area contributed by atoms with Crippen LogP contribution in [-0.2, 0) is 0 Å². The SMILES string of the molecule is Cc1cccc(SCCC(N)CO)c1. The number of nitrogens with two attached hydrogens (primary N) is 1. The molecule has 2 nitrogen and oxygen atoms in total. The van der Waals surface area contributed by atoms with Crippen molar-refractivity contribution in [1.82, 2.24) is 0 Å². The molecule has 0 saturated carbocycles. The predicted octanol–water partition coefficient (Wildman–Crippen LogP) is 1.80. The third-order valence-corrected chi connectivity index (χ3v) is 3.01. The van der Waals surface area contributed by atoms with Gasteiger partial charge in [-0.15, -0.1) is 11.8 Å². The number of hydrogen-bond donors (Lipinski definition) is 2. The summed E-state index contributed by atoms with van der Waals surface area (Å²) < 4.78 is 0. The van der Waals surface area contributed by atoms with Crippen molar-refractivity contribution >= 4 is 11.8 Å². The fraction of sp³-hybridized carbons (Fsp3) is 0.455. The maximum Gasteiger partial charge on any atom is 0.0582 e. The third-order valence-electron chi connectivity index (χ3n) is 1.98. The summed E-state index contributed by atoms with van der Waals surface area (Å²) in [7, 11) is 0. The van der Waals surface area contributed by atoms with Crippen LogP contribution >= 0.6 is 11.8 Å². The Morgan fingerprint density at radius 2 is 2.29 bits per heavy atom. The Morgan fingerprint density at radius 3 is 2.93 bits per heavy atom. The molecule has 14 heavy (non-hydrogen) atoms. The molecule has 0 aliphatic carbocycles.